The van der Waals surface area contributed by atoms with Crippen molar-refractivity contribution in [2.24, 2.45) is 0 Å². The Labute approximate surface area is 160 Å². The molecule has 28 heavy (non-hydrogen) atoms. The first-order valence-electron chi connectivity index (χ1n) is 8.46. The molecule has 0 atom stereocenters. The molecule has 0 bridgehead atoms. The summed E-state index contributed by atoms with van der Waals surface area (Å²) >= 11 is 0. The summed E-state index contributed by atoms with van der Waals surface area (Å²) in [5.74, 6) is -1.23. The third kappa shape index (κ3) is 4.32. The molecule has 0 aliphatic carbocycles. The van der Waals surface area contributed by atoms with Crippen molar-refractivity contribution >= 4 is 17.4 Å². The minimum atomic E-state index is -0.654. The summed E-state index contributed by atoms with van der Waals surface area (Å²) in [6.45, 7) is 1.42. The average Bonchev–Trinajstić information content (AvgIpc) is 2.68. The van der Waals surface area contributed by atoms with E-state index < -0.39 is 11.5 Å². The largest absolute Gasteiger partial charge is 0.406 e. The highest BCUT2D eigenvalue weighted by molar-refractivity contribution is 6.08. The molecule has 0 aliphatic rings. The Morgan fingerprint density at radius 2 is 1.68 bits per heavy atom. The lowest BCUT2D eigenvalue weighted by Gasteiger charge is -2.11. The zero-order chi connectivity index (χ0) is 20.1. The molecule has 2 aromatic carbocycles. The normalized spacial score (nSPS) is 10.4. The molecule has 0 aliphatic heterocycles. The summed E-state index contributed by atoms with van der Waals surface area (Å²) in [6.07, 6.45) is 1.38. The molecule has 0 saturated carbocycles. The van der Waals surface area contributed by atoms with Crippen LogP contribution < -0.4 is 15.7 Å². The molecule has 0 unspecified atom stereocenters. The summed E-state index contributed by atoms with van der Waals surface area (Å²) in [6, 6.07) is 15.1. The van der Waals surface area contributed by atoms with Gasteiger partial charge in [0.2, 0.25) is 0 Å². The van der Waals surface area contributed by atoms with Crippen LogP contribution in [0, 0.1) is 5.82 Å². The van der Waals surface area contributed by atoms with Crippen LogP contribution in [0.1, 0.15) is 33.2 Å². The highest BCUT2D eigenvalue weighted by Gasteiger charge is 2.15. The van der Waals surface area contributed by atoms with Gasteiger partial charge < -0.3 is 10.2 Å². The van der Waals surface area contributed by atoms with Gasteiger partial charge in [0.1, 0.15) is 18.0 Å². The van der Waals surface area contributed by atoms with Gasteiger partial charge in [0, 0.05) is 11.8 Å². The molecule has 3 rings (SSSR count). The standard InChI is InChI=1S/C21H17FN2O4/c1-14(25)17-5-2-3-7-19(17)23-20(26)18-6-4-12-24(21(18)27)28-13-15-8-10-16(22)11-9-15/h2-12H,13H2,1H3,(H,23,26). The number of para-hydroxylation sites is 1. The molecule has 1 N–H and O–H groups in total. The van der Waals surface area contributed by atoms with Gasteiger partial charge in [-0.25, -0.2) is 4.39 Å². The van der Waals surface area contributed by atoms with Gasteiger partial charge in [-0.05, 0) is 48.9 Å². The lowest BCUT2D eigenvalue weighted by atomic mass is 10.1. The van der Waals surface area contributed by atoms with E-state index in [0.29, 0.717) is 16.8 Å². The fraction of sp³-hybridized carbons (Fsp3) is 0.0952. The van der Waals surface area contributed by atoms with E-state index in [4.69, 9.17) is 4.84 Å². The maximum absolute atomic E-state index is 13.0. The molecule has 142 valence electrons. The van der Waals surface area contributed by atoms with E-state index in [-0.39, 0.29) is 23.8 Å². The number of carbonyl (C=O) groups is 2. The van der Waals surface area contributed by atoms with Crippen LogP contribution in [-0.4, -0.2) is 16.4 Å². The zero-order valence-corrected chi connectivity index (χ0v) is 15.0. The number of hydrogen-bond acceptors (Lipinski definition) is 4. The molecule has 6 nitrogen and oxygen atoms in total. The van der Waals surface area contributed by atoms with Crippen LogP contribution in [0.5, 0.6) is 0 Å². The Morgan fingerprint density at radius 3 is 2.39 bits per heavy atom. The number of rotatable bonds is 6. The van der Waals surface area contributed by atoms with Crippen molar-refractivity contribution in [2.75, 3.05) is 5.32 Å². The van der Waals surface area contributed by atoms with Crippen LogP contribution in [-0.2, 0) is 6.61 Å². The lowest BCUT2D eigenvalue weighted by Crippen LogP contribution is -2.32. The van der Waals surface area contributed by atoms with Gasteiger partial charge >= 0.3 is 0 Å². The van der Waals surface area contributed by atoms with Crippen molar-refractivity contribution in [3.05, 3.63) is 99.7 Å². The average molecular weight is 380 g/mol. The first-order valence-corrected chi connectivity index (χ1v) is 8.46. The van der Waals surface area contributed by atoms with E-state index in [0.717, 1.165) is 4.73 Å². The lowest BCUT2D eigenvalue weighted by molar-refractivity contribution is 0.0863. The van der Waals surface area contributed by atoms with Crippen LogP contribution in [0.25, 0.3) is 0 Å². The number of halogens is 1. The fourth-order valence-electron chi connectivity index (χ4n) is 2.56. The number of ketones is 1. The highest BCUT2D eigenvalue weighted by atomic mass is 19.1. The molecular formula is C21H17FN2O4. The van der Waals surface area contributed by atoms with Gasteiger partial charge in [-0.2, -0.15) is 4.73 Å². The monoisotopic (exact) mass is 380 g/mol. The fourth-order valence-corrected chi connectivity index (χ4v) is 2.56. The molecule has 0 spiro atoms. The van der Waals surface area contributed by atoms with Crippen molar-refractivity contribution in [1.82, 2.24) is 4.73 Å². The number of anilines is 1. The summed E-state index contributed by atoms with van der Waals surface area (Å²) in [4.78, 5) is 42.2. The number of Topliss-reactive ketones (excluding diaryl/α,β-unsaturated/α-hetero) is 1. The van der Waals surface area contributed by atoms with Gasteiger partial charge in [-0.15, -0.1) is 0 Å². The Balaban J connectivity index is 1.79. The second kappa shape index (κ2) is 8.30. The highest BCUT2D eigenvalue weighted by Crippen LogP contribution is 2.16. The number of amides is 1. The maximum atomic E-state index is 13.0. The SMILES string of the molecule is CC(=O)c1ccccc1NC(=O)c1cccn(OCc2ccc(F)cc2)c1=O. The van der Waals surface area contributed by atoms with E-state index >= 15 is 0 Å². The van der Waals surface area contributed by atoms with Gasteiger partial charge in [0.15, 0.2) is 5.78 Å². The Morgan fingerprint density at radius 1 is 1.00 bits per heavy atom. The molecule has 1 aromatic heterocycles. The number of nitrogens with one attached hydrogen (secondary N) is 1. The molecular weight excluding hydrogens is 363 g/mol. The van der Waals surface area contributed by atoms with Crippen molar-refractivity contribution in [3.8, 4) is 0 Å². The van der Waals surface area contributed by atoms with E-state index in [9.17, 15) is 18.8 Å². The van der Waals surface area contributed by atoms with E-state index in [1.165, 1.54) is 49.5 Å². The topological polar surface area (TPSA) is 77.4 Å². The third-order valence-corrected chi connectivity index (χ3v) is 4.00. The van der Waals surface area contributed by atoms with Gasteiger partial charge in [-0.1, -0.05) is 24.3 Å². The van der Waals surface area contributed by atoms with Gasteiger partial charge in [0.05, 0.1) is 5.69 Å². The minimum Gasteiger partial charge on any atom is -0.406 e. The summed E-state index contributed by atoms with van der Waals surface area (Å²) < 4.78 is 13.9. The molecule has 0 fully saturated rings. The number of nitrogens with zero attached hydrogens (tertiary/aromatic N) is 1. The number of benzene rings is 2. The van der Waals surface area contributed by atoms with E-state index in [1.54, 1.807) is 24.3 Å². The number of pyridine rings is 1. The molecule has 3 aromatic rings. The molecule has 7 heteroatoms. The first-order chi connectivity index (χ1) is 13.5. The van der Waals surface area contributed by atoms with Crippen molar-refractivity contribution < 1.29 is 18.8 Å². The van der Waals surface area contributed by atoms with Crippen molar-refractivity contribution in [1.29, 1.82) is 0 Å². The smallest absolute Gasteiger partial charge is 0.295 e. The van der Waals surface area contributed by atoms with Crippen molar-refractivity contribution in [2.45, 2.75) is 13.5 Å². The second-order valence-corrected chi connectivity index (χ2v) is 6.01. The van der Waals surface area contributed by atoms with Crippen LogP contribution in [0.4, 0.5) is 10.1 Å². The molecule has 0 radical (unpaired) electrons. The van der Waals surface area contributed by atoms with Crippen LogP contribution in [0.3, 0.4) is 0 Å². The number of aromatic nitrogens is 1. The Hall–Kier alpha value is -3.74. The maximum Gasteiger partial charge on any atom is 0.295 e. The van der Waals surface area contributed by atoms with Crippen LogP contribution in [0.2, 0.25) is 0 Å². The predicted octanol–water partition coefficient (Wildman–Crippen LogP) is 3.07. The zero-order valence-electron chi connectivity index (χ0n) is 15.0. The Kier molecular flexibility index (Phi) is 5.64. The summed E-state index contributed by atoms with van der Waals surface area (Å²) in [5, 5.41) is 2.59. The van der Waals surface area contributed by atoms with Gasteiger partial charge in [0.25, 0.3) is 11.5 Å². The summed E-state index contributed by atoms with van der Waals surface area (Å²) in [7, 11) is 0. The van der Waals surface area contributed by atoms with E-state index in [2.05, 4.69) is 5.32 Å². The Bertz CT molecular complexity index is 1070. The second-order valence-electron chi connectivity index (χ2n) is 6.01. The van der Waals surface area contributed by atoms with Crippen molar-refractivity contribution in [3.63, 3.8) is 0 Å². The van der Waals surface area contributed by atoms with E-state index in [1.807, 2.05) is 0 Å². The quantitative estimate of drug-likeness (QED) is 0.667. The van der Waals surface area contributed by atoms with Gasteiger partial charge in [-0.3, -0.25) is 14.4 Å². The summed E-state index contributed by atoms with van der Waals surface area (Å²) in [5.41, 5.74) is 0.544. The predicted molar refractivity (Wildman–Crippen MR) is 102 cm³/mol. The van der Waals surface area contributed by atoms with Crippen LogP contribution >= 0.6 is 0 Å². The third-order valence-electron chi connectivity index (χ3n) is 4.00. The first kappa shape index (κ1) is 19.0. The number of hydrogen-bond donors (Lipinski definition) is 1. The molecule has 1 amide bonds. The molecule has 1 heterocycles. The van der Waals surface area contributed by atoms with Crippen LogP contribution in [0.15, 0.2) is 71.7 Å². The number of carbonyl (C=O) groups excluding carboxylic acids is 2. The molecule has 0 saturated heterocycles. The minimum absolute atomic E-state index is 0.0262.